The fraction of sp³-hybridized carbons (Fsp3) is 0.778. The molecule has 0 heterocycles. The molecule has 0 fully saturated rings. The quantitative estimate of drug-likeness (QED) is 0.145. The molecule has 0 aromatic rings. The molecular formula is C27H50N6O6. The highest BCUT2D eigenvalue weighted by Crippen LogP contribution is 1.98. The second kappa shape index (κ2) is 22.2. The van der Waals surface area contributed by atoms with Crippen LogP contribution in [0, 0.1) is 0 Å². The van der Waals surface area contributed by atoms with E-state index >= 15 is 0 Å². The number of rotatable bonds is 24. The van der Waals surface area contributed by atoms with Crippen molar-refractivity contribution in [1.29, 1.82) is 0 Å². The fourth-order valence-corrected chi connectivity index (χ4v) is 3.67. The third kappa shape index (κ3) is 21.9. The number of amides is 3. The van der Waals surface area contributed by atoms with Gasteiger partial charge in [-0.05, 0) is 27.8 Å². The smallest absolute Gasteiger partial charge is 0.221 e. The summed E-state index contributed by atoms with van der Waals surface area (Å²) in [5.41, 5.74) is 0. The standard InChI is InChI=1S/C27H50N6O6/c1-22(34)6-14-31(15-7-23(2)35)20-12-29-26(38)9-16-32(19-11-28-5)17-10-27(39)30-13-21-33(25(4)37)18-8-24(3)36/h28H,6-21H2,1-5H3,(H,29,38)(H,30,39). The summed E-state index contributed by atoms with van der Waals surface area (Å²) in [5.74, 6) is -0.185. The van der Waals surface area contributed by atoms with Crippen molar-refractivity contribution in [2.45, 2.75) is 59.8 Å². The van der Waals surface area contributed by atoms with Gasteiger partial charge in [0, 0.05) is 111 Å². The topological polar surface area (TPSA) is 148 Å². The van der Waals surface area contributed by atoms with Crippen molar-refractivity contribution >= 4 is 35.1 Å². The maximum atomic E-state index is 12.4. The molecule has 3 amide bonds. The van der Waals surface area contributed by atoms with E-state index in [1.54, 1.807) is 4.90 Å². The Balaban J connectivity index is 4.48. The minimum absolute atomic E-state index is 0.0110. The summed E-state index contributed by atoms with van der Waals surface area (Å²) in [6.45, 7) is 11.5. The van der Waals surface area contributed by atoms with E-state index in [4.69, 9.17) is 0 Å². The van der Waals surface area contributed by atoms with E-state index in [0.29, 0.717) is 91.3 Å². The third-order valence-corrected chi connectivity index (χ3v) is 6.18. The molecule has 0 aromatic carbocycles. The molecule has 0 bridgehead atoms. The Hall–Kier alpha value is -2.70. The highest BCUT2D eigenvalue weighted by molar-refractivity contribution is 5.78. The van der Waals surface area contributed by atoms with Crippen molar-refractivity contribution in [3.8, 4) is 0 Å². The minimum atomic E-state index is -0.139. The lowest BCUT2D eigenvalue weighted by molar-refractivity contribution is -0.130. The number of nitrogens with one attached hydrogen (secondary N) is 3. The van der Waals surface area contributed by atoms with Crippen LogP contribution in [0.25, 0.3) is 0 Å². The molecule has 12 nitrogen and oxygen atoms in total. The maximum Gasteiger partial charge on any atom is 0.221 e. The molecule has 224 valence electrons. The molecule has 0 aliphatic heterocycles. The van der Waals surface area contributed by atoms with Gasteiger partial charge in [0.2, 0.25) is 17.7 Å². The van der Waals surface area contributed by atoms with Crippen LogP contribution in [-0.2, 0) is 28.8 Å². The first-order valence-electron chi connectivity index (χ1n) is 13.8. The van der Waals surface area contributed by atoms with Crippen molar-refractivity contribution in [2.24, 2.45) is 0 Å². The average molecular weight is 555 g/mol. The molecule has 0 aliphatic rings. The Bertz CT molecular complexity index is 773. The second-order valence-electron chi connectivity index (χ2n) is 9.85. The monoisotopic (exact) mass is 554 g/mol. The largest absolute Gasteiger partial charge is 0.355 e. The lowest BCUT2D eigenvalue weighted by Gasteiger charge is -2.23. The van der Waals surface area contributed by atoms with Gasteiger partial charge in [-0.25, -0.2) is 0 Å². The van der Waals surface area contributed by atoms with Crippen molar-refractivity contribution in [3.63, 3.8) is 0 Å². The summed E-state index contributed by atoms with van der Waals surface area (Å²) in [6.07, 6.45) is 1.67. The van der Waals surface area contributed by atoms with Crippen LogP contribution >= 0.6 is 0 Å². The number of Topliss-reactive ketones (excluding diaryl/α,β-unsaturated/α-hetero) is 3. The van der Waals surface area contributed by atoms with E-state index in [-0.39, 0.29) is 47.9 Å². The summed E-state index contributed by atoms with van der Waals surface area (Å²) in [6, 6.07) is 0. The number of likely N-dealkylation sites (N-methyl/N-ethyl adjacent to an activating group) is 1. The van der Waals surface area contributed by atoms with Crippen LogP contribution in [0.5, 0.6) is 0 Å². The zero-order valence-electron chi connectivity index (χ0n) is 24.6. The van der Waals surface area contributed by atoms with Gasteiger partial charge in [0.25, 0.3) is 0 Å². The first kappa shape index (κ1) is 36.3. The third-order valence-electron chi connectivity index (χ3n) is 6.18. The van der Waals surface area contributed by atoms with Crippen LogP contribution < -0.4 is 16.0 Å². The number of nitrogens with zero attached hydrogens (tertiary/aromatic N) is 3. The normalized spacial score (nSPS) is 10.9. The van der Waals surface area contributed by atoms with E-state index in [1.807, 2.05) is 11.9 Å². The average Bonchev–Trinajstić information content (AvgIpc) is 2.86. The molecular weight excluding hydrogens is 504 g/mol. The SMILES string of the molecule is CNCCN(CCC(=O)NCCN(CCC(C)=O)CCC(C)=O)CCC(=O)NCCN(CCC(C)=O)C(C)=O. The minimum Gasteiger partial charge on any atom is -0.355 e. The van der Waals surface area contributed by atoms with Gasteiger partial charge in [0.05, 0.1) is 0 Å². The van der Waals surface area contributed by atoms with Gasteiger partial charge in [-0.1, -0.05) is 0 Å². The summed E-state index contributed by atoms with van der Waals surface area (Å²) < 4.78 is 0. The van der Waals surface area contributed by atoms with Gasteiger partial charge in [0.15, 0.2) is 0 Å². The summed E-state index contributed by atoms with van der Waals surface area (Å²) >= 11 is 0. The second-order valence-corrected chi connectivity index (χ2v) is 9.85. The van der Waals surface area contributed by atoms with Gasteiger partial charge in [0.1, 0.15) is 17.3 Å². The molecule has 0 aliphatic carbocycles. The van der Waals surface area contributed by atoms with Crippen LogP contribution in [0.2, 0.25) is 0 Å². The van der Waals surface area contributed by atoms with Crippen LogP contribution in [0.1, 0.15) is 59.8 Å². The Kier molecular flexibility index (Phi) is 20.6. The first-order chi connectivity index (χ1) is 18.4. The highest BCUT2D eigenvalue weighted by Gasteiger charge is 2.13. The molecule has 0 saturated carbocycles. The predicted octanol–water partition coefficient (Wildman–Crippen LogP) is -0.392. The Morgan fingerprint density at radius 1 is 0.487 bits per heavy atom. The lowest BCUT2D eigenvalue weighted by Crippen LogP contribution is -2.41. The van der Waals surface area contributed by atoms with Crippen LogP contribution in [0.3, 0.4) is 0 Å². The molecule has 3 N–H and O–H groups in total. The molecule has 0 atom stereocenters. The molecule has 0 aromatic heterocycles. The Morgan fingerprint density at radius 3 is 1.28 bits per heavy atom. The molecule has 12 heteroatoms. The molecule has 0 saturated heterocycles. The number of hydrogen-bond acceptors (Lipinski definition) is 9. The van der Waals surface area contributed by atoms with E-state index in [0.717, 1.165) is 0 Å². The maximum absolute atomic E-state index is 12.4. The van der Waals surface area contributed by atoms with Crippen molar-refractivity contribution < 1.29 is 28.8 Å². The van der Waals surface area contributed by atoms with Crippen LogP contribution in [0.4, 0.5) is 0 Å². The van der Waals surface area contributed by atoms with E-state index in [9.17, 15) is 28.8 Å². The van der Waals surface area contributed by atoms with E-state index < -0.39 is 0 Å². The van der Waals surface area contributed by atoms with Crippen LogP contribution in [0.15, 0.2) is 0 Å². The van der Waals surface area contributed by atoms with Gasteiger partial charge < -0.3 is 30.7 Å². The lowest BCUT2D eigenvalue weighted by atomic mass is 10.2. The van der Waals surface area contributed by atoms with Crippen molar-refractivity contribution in [2.75, 3.05) is 79.0 Å². The fourth-order valence-electron chi connectivity index (χ4n) is 3.67. The van der Waals surface area contributed by atoms with E-state index in [2.05, 4.69) is 20.9 Å². The predicted molar refractivity (Wildman–Crippen MR) is 150 cm³/mol. The number of carbonyl (C=O) groups is 6. The zero-order valence-corrected chi connectivity index (χ0v) is 24.6. The zero-order chi connectivity index (χ0) is 29.6. The van der Waals surface area contributed by atoms with Gasteiger partial charge in [-0.15, -0.1) is 0 Å². The van der Waals surface area contributed by atoms with Crippen molar-refractivity contribution in [1.82, 2.24) is 30.7 Å². The van der Waals surface area contributed by atoms with Crippen molar-refractivity contribution in [3.05, 3.63) is 0 Å². The first-order valence-corrected chi connectivity index (χ1v) is 13.8. The van der Waals surface area contributed by atoms with Gasteiger partial charge >= 0.3 is 0 Å². The molecule has 0 spiro atoms. The summed E-state index contributed by atoms with van der Waals surface area (Å²) in [5, 5.41) is 8.80. The Morgan fingerprint density at radius 2 is 0.872 bits per heavy atom. The summed E-state index contributed by atoms with van der Waals surface area (Å²) in [7, 11) is 1.84. The Labute approximate surface area is 233 Å². The number of hydrogen-bond donors (Lipinski definition) is 3. The molecule has 0 radical (unpaired) electrons. The summed E-state index contributed by atoms with van der Waals surface area (Å²) in [4.78, 5) is 75.9. The number of ketones is 3. The van der Waals surface area contributed by atoms with Gasteiger partial charge in [-0.2, -0.15) is 0 Å². The van der Waals surface area contributed by atoms with Gasteiger partial charge in [-0.3, -0.25) is 28.8 Å². The molecule has 0 unspecified atom stereocenters. The number of carbonyl (C=O) groups excluding carboxylic acids is 6. The molecule has 0 rings (SSSR count). The molecule has 39 heavy (non-hydrogen) atoms. The van der Waals surface area contributed by atoms with E-state index in [1.165, 1.54) is 27.7 Å². The highest BCUT2D eigenvalue weighted by atomic mass is 16.2. The van der Waals surface area contributed by atoms with Crippen LogP contribution in [-0.4, -0.2) is 129 Å².